The number of benzene rings is 2. The number of unbranched alkanes of at least 4 members (excludes halogenated alkanes) is 2. The van der Waals surface area contributed by atoms with Gasteiger partial charge in [-0.1, -0.05) is 94.3 Å². The van der Waals surface area contributed by atoms with Gasteiger partial charge in [-0.15, -0.1) is 0 Å². The van der Waals surface area contributed by atoms with Gasteiger partial charge in [-0.25, -0.2) is 0 Å². The molecular formula is C26H36. The second-order valence-corrected chi connectivity index (χ2v) is 8.36. The van der Waals surface area contributed by atoms with Gasteiger partial charge in [0, 0.05) is 0 Å². The standard InChI is InChI=1S/C26H36/c1-6-20-26(4,5)25-18-16-24(17-19-25)22(3)10-8-7-9-11-23-14-12-21(2)13-15-23/h12-19H,3,6-11,20H2,1-2,4-5H3. The van der Waals surface area contributed by atoms with Crippen LogP contribution in [0.15, 0.2) is 55.1 Å². The zero-order valence-electron chi connectivity index (χ0n) is 17.3. The highest BCUT2D eigenvalue weighted by Gasteiger charge is 2.19. The first-order chi connectivity index (χ1) is 12.4. The van der Waals surface area contributed by atoms with Crippen LogP contribution in [-0.2, 0) is 11.8 Å². The highest BCUT2D eigenvalue weighted by Crippen LogP contribution is 2.30. The lowest BCUT2D eigenvalue weighted by molar-refractivity contribution is 0.473. The van der Waals surface area contributed by atoms with Crippen molar-refractivity contribution in [2.75, 3.05) is 0 Å². The van der Waals surface area contributed by atoms with E-state index >= 15 is 0 Å². The molecule has 0 aromatic heterocycles. The summed E-state index contributed by atoms with van der Waals surface area (Å²) in [6.07, 6.45) is 8.51. The minimum Gasteiger partial charge on any atom is -0.0952 e. The first-order valence-electron chi connectivity index (χ1n) is 10.3. The van der Waals surface area contributed by atoms with Gasteiger partial charge in [-0.05, 0) is 66.7 Å². The molecule has 0 nitrogen and oxygen atoms in total. The molecule has 140 valence electrons. The van der Waals surface area contributed by atoms with Gasteiger partial charge in [-0.3, -0.25) is 0 Å². The second kappa shape index (κ2) is 9.76. The Morgan fingerprint density at radius 1 is 0.885 bits per heavy atom. The van der Waals surface area contributed by atoms with Gasteiger partial charge in [0.15, 0.2) is 0 Å². The second-order valence-electron chi connectivity index (χ2n) is 8.36. The Hall–Kier alpha value is -1.82. The van der Waals surface area contributed by atoms with Crippen LogP contribution >= 0.6 is 0 Å². The summed E-state index contributed by atoms with van der Waals surface area (Å²) >= 11 is 0. The topological polar surface area (TPSA) is 0 Å². The van der Waals surface area contributed by atoms with Crippen molar-refractivity contribution >= 4 is 5.57 Å². The predicted molar refractivity (Wildman–Crippen MR) is 117 cm³/mol. The first kappa shape index (κ1) is 20.5. The van der Waals surface area contributed by atoms with Gasteiger partial charge in [0.05, 0.1) is 0 Å². The zero-order valence-corrected chi connectivity index (χ0v) is 17.3. The SMILES string of the molecule is C=C(CCCCCc1ccc(C)cc1)c1ccc(C(C)(C)CCC)cc1. The number of hydrogen-bond acceptors (Lipinski definition) is 0. The predicted octanol–water partition coefficient (Wildman–Crippen LogP) is 7.89. The molecule has 2 aromatic rings. The van der Waals surface area contributed by atoms with Gasteiger partial charge in [0.1, 0.15) is 0 Å². The van der Waals surface area contributed by atoms with Crippen LogP contribution in [0.1, 0.15) is 81.5 Å². The largest absolute Gasteiger partial charge is 0.0952 e. The van der Waals surface area contributed by atoms with E-state index in [9.17, 15) is 0 Å². The van der Waals surface area contributed by atoms with Gasteiger partial charge in [0.2, 0.25) is 0 Å². The van der Waals surface area contributed by atoms with Gasteiger partial charge < -0.3 is 0 Å². The van der Waals surface area contributed by atoms with Crippen molar-refractivity contribution in [2.45, 2.75) is 78.1 Å². The van der Waals surface area contributed by atoms with Crippen LogP contribution in [0.2, 0.25) is 0 Å². The Morgan fingerprint density at radius 3 is 2.15 bits per heavy atom. The van der Waals surface area contributed by atoms with E-state index < -0.39 is 0 Å². The van der Waals surface area contributed by atoms with Crippen molar-refractivity contribution in [2.24, 2.45) is 0 Å². The van der Waals surface area contributed by atoms with Crippen LogP contribution in [0.25, 0.3) is 5.57 Å². The third-order valence-corrected chi connectivity index (χ3v) is 5.51. The first-order valence-corrected chi connectivity index (χ1v) is 10.3. The maximum absolute atomic E-state index is 4.32. The molecule has 26 heavy (non-hydrogen) atoms. The molecule has 0 radical (unpaired) electrons. The van der Waals surface area contributed by atoms with Crippen LogP contribution in [0, 0.1) is 6.92 Å². The Labute approximate surface area is 161 Å². The summed E-state index contributed by atoms with van der Waals surface area (Å²) in [5.74, 6) is 0. The molecule has 0 unspecified atom stereocenters. The minimum atomic E-state index is 0.268. The van der Waals surface area contributed by atoms with Crippen LogP contribution < -0.4 is 0 Å². The van der Waals surface area contributed by atoms with E-state index in [1.807, 2.05) is 0 Å². The average molecular weight is 349 g/mol. The van der Waals surface area contributed by atoms with E-state index in [4.69, 9.17) is 0 Å². The smallest absolute Gasteiger partial charge is 0.0104 e. The van der Waals surface area contributed by atoms with Gasteiger partial charge in [0.25, 0.3) is 0 Å². The summed E-state index contributed by atoms with van der Waals surface area (Å²) in [6, 6.07) is 18.1. The van der Waals surface area contributed by atoms with E-state index in [0.29, 0.717) is 0 Å². The highest BCUT2D eigenvalue weighted by atomic mass is 14.2. The van der Waals surface area contributed by atoms with E-state index in [-0.39, 0.29) is 5.41 Å². The molecule has 0 spiro atoms. The number of rotatable bonds is 10. The Morgan fingerprint density at radius 2 is 1.54 bits per heavy atom. The van der Waals surface area contributed by atoms with Crippen LogP contribution in [0.4, 0.5) is 0 Å². The molecule has 0 fully saturated rings. The molecule has 0 heteroatoms. The molecule has 0 aliphatic carbocycles. The molecule has 0 aliphatic rings. The maximum atomic E-state index is 4.32. The molecule has 0 aliphatic heterocycles. The molecule has 2 aromatic carbocycles. The van der Waals surface area contributed by atoms with Crippen molar-refractivity contribution in [3.63, 3.8) is 0 Å². The summed E-state index contributed by atoms with van der Waals surface area (Å²) < 4.78 is 0. The molecule has 0 atom stereocenters. The molecule has 0 heterocycles. The summed E-state index contributed by atoms with van der Waals surface area (Å²) in [5, 5.41) is 0. The van der Waals surface area contributed by atoms with E-state index in [1.54, 1.807) is 0 Å². The normalized spacial score (nSPS) is 11.5. The highest BCUT2D eigenvalue weighted by molar-refractivity contribution is 5.63. The van der Waals surface area contributed by atoms with Crippen molar-refractivity contribution in [3.8, 4) is 0 Å². The Bertz CT molecular complexity index is 671. The number of aryl methyl sites for hydroxylation is 2. The third-order valence-electron chi connectivity index (χ3n) is 5.51. The molecule has 0 N–H and O–H groups in total. The fraction of sp³-hybridized carbons (Fsp3) is 0.462. The van der Waals surface area contributed by atoms with Crippen molar-refractivity contribution in [1.29, 1.82) is 0 Å². The van der Waals surface area contributed by atoms with Crippen molar-refractivity contribution in [3.05, 3.63) is 77.4 Å². The fourth-order valence-corrected chi connectivity index (χ4v) is 3.67. The average Bonchev–Trinajstić information content (AvgIpc) is 2.63. The van der Waals surface area contributed by atoms with Gasteiger partial charge in [-0.2, -0.15) is 0 Å². The van der Waals surface area contributed by atoms with E-state index in [2.05, 4.69) is 82.8 Å². The number of hydrogen-bond donors (Lipinski definition) is 0. The minimum absolute atomic E-state index is 0.268. The maximum Gasteiger partial charge on any atom is -0.0104 e. The quantitative estimate of drug-likeness (QED) is 0.383. The van der Waals surface area contributed by atoms with Crippen molar-refractivity contribution < 1.29 is 0 Å². The molecular weight excluding hydrogens is 312 g/mol. The fourth-order valence-electron chi connectivity index (χ4n) is 3.67. The molecule has 0 amide bonds. The lowest BCUT2D eigenvalue weighted by atomic mass is 9.80. The molecule has 0 saturated heterocycles. The van der Waals surface area contributed by atoms with Crippen LogP contribution in [-0.4, -0.2) is 0 Å². The van der Waals surface area contributed by atoms with E-state index in [1.165, 1.54) is 66.4 Å². The van der Waals surface area contributed by atoms with Gasteiger partial charge >= 0.3 is 0 Å². The Balaban J connectivity index is 1.74. The molecule has 0 bridgehead atoms. The summed E-state index contributed by atoms with van der Waals surface area (Å²) in [4.78, 5) is 0. The number of allylic oxidation sites excluding steroid dienone is 1. The summed E-state index contributed by atoms with van der Waals surface area (Å²) in [7, 11) is 0. The summed E-state index contributed by atoms with van der Waals surface area (Å²) in [6.45, 7) is 13.4. The van der Waals surface area contributed by atoms with Crippen LogP contribution in [0.3, 0.4) is 0 Å². The Kier molecular flexibility index (Phi) is 7.69. The van der Waals surface area contributed by atoms with Crippen LogP contribution in [0.5, 0.6) is 0 Å². The summed E-state index contributed by atoms with van der Waals surface area (Å²) in [5.41, 5.74) is 7.09. The monoisotopic (exact) mass is 348 g/mol. The zero-order chi connectivity index (χ0) is 19.0. The third kappa shape index (κ3) is 6.16. The molecule has 2 rings (SSSR count). The van der Waals surface area contributed by atoms with E-state index in [0.717, 1.165) is 6.42 Å². The lowest BCUT2D eigenvalue weighted by Gasteiger charge is -2.25. The van der Waals surface area contributed by atoms with Crippen molar-refractivity contribution in [1.82, 2.24) is 0 Å². The lowest BCUT2D eigenvalue weighted by Crippen LogP contribution is -2.16. The molecule has 0 saturated carbocycles.